The van der Waals surface area contributed by atoms with Crippen LogP contribution in [0.5, 0.6) is 0 Å². The van der Waals surface area contributed by atoms with Gasteiger partial charge >= 0.3 is 0 Å². The zero-order chi connectivity index (χ0) is 10.7. The minimum atomic E-state index is -0.158. The van der Waals surface area contributed by atoms with Crippen LogP contribution < -0.4 is 5.32 Å². The molecule has 0 saturated heterocycles. The Balaban J connectivity index is 2.09. The fourth-order valence-electron chi connectivity index (χ4n) is 1.16. The van der Waals surface area contributed by atoms with E-state index in [1.807, 2.05) is 31.2 Å². The van der Waals surface area contributed by atoms with Crippen LogP contribution in [0.1, 0.15) is 15.4 Å². The van der Waals surface area contributed by atoms with Crippen LogP contribution in [0.3, 0.4) is 0 Å². The van der Waals surface area contributed by atoms with E-state index in [-0.39, 0.29) is 5.91 Å². The van der Waals surface area contributed by atoms with Gasteiger partial charge in [-0.25, -0.2) is 4.98 Å². The maximum absolute atomic E-state index is 11.6. The maximum atomic E-state index is 11.6. The first kappa shape index (κ1) is 9.86. The standard InChI is InChI=1S/C11H10N2OS/c1-8-2-4-9(5-3-8)13-10(14)11-12-6-7-15-11/h2-7H,1H3,(H,13,14). The Kier molecular flexibility index (Phi) is 2.78. The van der Waals surface area contributed by atoms with Crippen LogP contribution in [-0.4, -0.2) is 10.9 Å². The predicted molar refractivity (Wildman–Crippen MR) is 61.2 cm³/mol. The first-order valence-corrected chi connectivity index (χ1v) is 5.41. The monoisotopic (exact) mass is 218 g/mol. The summed E-state index contributed by atoms with van der Waals surface area (Å²) in [6, 6.07) is 7.66. The maximum Gasteiger partial charge on any atom is 0.284 e. The second kappa shape index (κ2) is 4.23. The van der Waals surface area contributed by atoms with E-state index in [9.17, 15) is 4.79 Å². The molecule has 0 radical (unpaired) electrons. The van der Waals surface area contributed by atoms with Gasteiger partial charge in [0.2, 0.25) is 0 Å². The molecule has 0 atom stereocenters. The van der Waals surface area contributed by atoms with E-state index in [4.69, 9.17) is 0 Å². The second-order valence-electron chi connectivity index (χ2n) is 3.16. The van der Waals surface area contributed by atoms with E-state index < -0.39 is 0 Å². The Morgan fingerprint density at radius 1 is 1.33 bits per heavy atom. The summed E-state index contributed by atoms with van der Waals surface area (Å²) in [4.78, 5) is 15.5. The molecule has 3 nitrogen and oxygen atoms in total. The highest BCUT2D eigenvalue weighted by atomic mass is 32.1. The summed E-state index contributed by atoms with van der Waals surface area (Å²) in [5.74, 6) is -0.158. The molecular formula is C11H10N2OS. The van der Waals surface area contributed by atoms with Gasteiger partial charge in [0.25, 0.3) is 5.91 Å². The lowest BCUT2D eigenvalue weighted by molar-refractivity contribution is 0.102. The van der Waals surface area contributed by atoms with E-state index in [1.165, 1.54) is 16.9 Å². The van der Waals surface area contributed by atoms with Gasteiger partial charge in [-0.1, -0.05) is 17.7 Å². The molecule has 1 N–H and O–H groups in total. The van der Waals surface area contributed by atoms with Crippen LogP contribution >= 0.6 is 11.3 Å². The largest absolute Gasteiger partial charge is 0.320 e. The van der Waals surface area contributed by atoms with Crippen molar-refractivity contribution >= 4 is 22.9 Å². The summed E-state index contributed by atoms with van der Waals surface area (Å²) in [5, 5.41) is 5.04. The lowest BCUT2D eigenvalue weighted by atomic mass is 10.2. The molecule has 0 fully saturated rings. The van der Waals surface area contributed by atoms with Gasteiger partial charge in [0.05, 0.1) is 0 Å². The van der Waals surface area contributed by atoms with Crippen molar-refractivity contribution in [2.75, 3.05) is 5.32 Å². The van der Waals surface area contributed by atoms with Crippen molar-refractivity contribution in [1.29, 1.82) is 0 Å². The normalized spacial score (nSPS) is 9.93. The number of carbonyl (C=O) groups excluding carboxylic acids is 1. The zero-order valence-corrected chi connectivity index (χ0v) is 9.04. The third kappa shape index (κ3) is 2.41. The molecule has 76 valence electrons. The first-order chi connectivity index (χ1) is 7.25. The lowest BCUT2D eigenvalue weighted by Gasteiger charge is -2.02. The molecule has 2 rings (SSSR count). The summed E-state index contributed by atoms with van der Waals surface area (Å²) in [6.45, 7) is 2.01. The molecule has 0 aliphatic heterocycles. The number of nitrogens with zero attached hydrogens (tertiary/aromatic N) is 1. The number of anilines is 1. The molecule has 0 unspecified atom stereocenters. The van der Waals surface area contributed by atoms with Crippen molar-refractivity contribution in [3.63, 3.8) is 0 Å². The van der Waals surface area contributed by atoms with Gasteiger partial charge in [-0.3, -0.25) is 4.79 Å². The van der Waals surface area contributed by atoms with E-state index in [1.54, 1.807) is 11.6 Å². The summed E-state index contributed by atoms with van der Waals surface area (Å²) >= 11 is 1.33. The smallest absolute Gasteiger partial charge is 0.284 e. The molecule has 0 aliphatic carbocycles. The fourth-order valence-corrected chi connectivity index (χ4v) is 1.69. The lowest BCUT2D eigenvalue weighted by Crippen LogP contribution is -2.11. The van der Waals surface area contributed by atoms with Gasteiger partial charge in [0.15, 0.2) is 5.01 Å². The number of benzene rings is 1. The van der Waals surface area contributed by atoms with Gasteiger partial charge in [-0.2, -0.15) is 0 Å². The average Bonchev–Trinajstić information content (AvgIpc) is 2.74. The third-order valence-corrected chi connectivity index (χ3v) is 2.71. The van der Waals surface area contributed by atoms with Gasteiger partial charge in [-0.05, 0) is 19.1 Å². The molecule has 1 aromatic carbocycles. The molecule has 1 heterocycles. The Morgan fingerprint density at radius 2 is 2.07 bits per heavy atom. The van der Waals surface area contributed by atoms with Gasteiger partial charge < -0.3 is 5.32 Å². The number of thiazole rings is 1. The molecule has 0 spiro atoms. The Hall–Kier alpha value is -1.68. The van der Waals surface area contributed by atoms with Crippen LogP contribution in [0.25, 0.3) is 0 Å². The number of amides is 1. The highest BCUT2D eigenvalue weighted by Crippen LogP contribution is 2.11. The van der Waals surface area contributed by atoms with E-state index in [0.29, 0.717) is 5.01 Å². The van der Waals surface area contributed by atoms with Crippen LogP contribution in [0.2, 0.25) is 0 Å². The zero-order valence-electron chi connectivity index (χ0n) is 8.23. The molecule has 0 bridgehead atoms. The van der Waals surface area contributed by atoms with Gasteiger partial charge in [0.1, 0.15) is 0 Å². The number of hydrogen-bond donors (Lipinski definition) is 1. The molecular weight excluding hydrogens is 208 g/mol. The van der Waals surface area contributed by atoms with Gasteiger partial charge in [0, 0.05) is 17.3 Å². The molecule has 4 heteroatoms. The van der Waals surface area contributed by atoms with E-state index in [2.05, 4.69) is 10.3 Å². The summed E-state index contributed by atoms with van der Waals surface area (Å²) in [7, 11) is 0. The number of carbonyl (C=O) groups is 1. The highest BCUT2D eigenvalue weighted by molar-refractivity contribution is 7.11. The number of rotatable bonds is 2. The topological polar surface area (TPSA) is 42.0 Å². The van der Waals surface area contributed by atoms with E-state index >= 15 is 0 Å². The van der Waals surface area contributed by atoms with Crippen molar-refractivity contribution in [2.24, 2.45) is 0 Å². The molecule has 0 aliphatic rings. The van der Waals surface area contributed by atoms with Crippen molar-refractivity contribution in [2.45, 2.75) is 6.92 Å². The van der Waals surface area contributed by atoms with Crippen LogP contribution in [0.4, 0.5) is 5.69 Å². The fraction of sp³-hybridized carbons (Fsp3) is 0.0909. The van der Waals surface area contributed by atoms with Crippen molar-refractivity contribution in [3.05, 3.63) is 46.4 Å². The molecule has 2 aromatic rings. The van der Waals surface area contributed by atoms with E-state index in [0.717, 1.165) is 5.69 Å². The average molecular weight is 218 g/mol. The Bertz CT molecular complexity index is 448. The van der Waals surface area contributed by atoms with Crippen LogP contribution in [0, 0.1) is 6.92 Å². The predicted octanol–water partition coefficient (Wildman–Crippen LogP) is 2.70. The third-order valence-electron chi connectivity index (χ3n) is 1.94. The molecule has 0 saturated carbocycles. The van der Waals surface area contributed by atoms with Crippen molar-refractivity contribution in [1.82, 2.24) is 4.98 Å². The van der Waals surface area contributed by atoms with Crippen molar-refractivity contribution in [3.8, 4) is 0 Å². The molecule has 1 aromatic heterocycles. The Morgan fingerprint density at radius 3 is 2.67 bits per heavy atom. The first-order valence-electron chi connectivity index (χ1n) is 4.53. The number of aryl methyl sites for hydroxylation is 1. The summed E-state index contributed by atoms with van der Waals surface area (Å²) in [5.41, 5.74) is 1.96. The molecule has 15 heavy (non-hydrogen) atoms. The van der Waals surface area contributed by atoms with Crippen molar-refractivity contribution < 1.29 is 4.79 Å². The molecule has 1 amide bonds. The minimum Gasteiger partial charge on any atom is -0.320 e. The SMILES string of the molecule is Cc1ccc(NC(=O)c2nccs2)cc1. The quantitative estimate of drug-likeness (QED) is 0.842. The van der Waals surface area contributed by atoms with Gasteiger partial charge in [-0.15, -0.1) is 11.3 Å². The number of nitrogens with one attached hydrogen (secondary N) is 1. The number of hydrogen-bond acceptors (Lipinski definition) is 3. The number of aromatic nitrogens is 1. The van der Waals surface area contributed by atoms with Crippen LogP contribution in [-0.2, 0) is 0 Å². The minimum absolute atomic E-state index is 0.158. The summed E-state index contributed by atoms with van der Waals surface area (Å²) in [6.07, 6.45) is 1.62. The summed E-state index contributed by atoms with van der Waals surface area (Å²) < 4.78 is 0. The highest BCUT2D eigenvalue weighted by Gasteiger charge is 2.07. The Labute approximate surface area is 91.8 Å². The second-order valence-corrected chi connectivity index (χ2v) is 4.05. The van der Waals surface area contributed by atoms with Crippen LogP contribution in [0.15, 0.2) is 35.8 Å².